The van der Waals surface area contributed by atoms with E-state index in [0.717, 1.165) is 41.1 Å². The lowest BCUT2D eigenvalue weighted by Gasteiger charge is -2.41. The van der Waals surface area contributed by atoms with Gasteiger partial charge in [0.25, 0.3) is 5.91 Å². The summed E-state index contributed by atoms with van der Waals surface area (Å²) >= 11 is 0. The molecule has 0 radical (unpaired) electrons. The first kappa shape index (κ1) is 15.4. The zero-order chi connectivity index (χ0) is 17.8. The zero-order valence-corrected chi connectivity index (χ0v) is 14.7. The molecule has 2 amide bonds. The summed E-state index contributed by atoms with van der Waals surface area (Å²) in [5.74, 6) is -0.00802. The van der Waals surface area contributed by atoms with Crippen molar-refractivity contribution in [2.45, 2.75) is 31.8 Å². The van der Waals surface area contributed by atoms with E-state index in [2.05, 4.69) is 23.2 Å². The molecule has 2 aliphatic heterocycles. The van der Waals surface area contributed by atoms with Crippen molar-refractivity contribution in [2.24, 2.45) is 0 Å². The second-order valence-electron chi connectivity index (χ2n) is 7.39. The monoisotopic (exact) mass is 347 g/mol. The number of nitrogens with one attached hydrogen (secondary N) is 1. The molecule has 0 unspecified atom stereocenters. The van der Waals surface area contributed by atoms with Gasteiger partial charge in [0.05, 0.1) is 0 Å². The number of nitrogens with zero attached hydrogens (tertiary/aromatic N) is 2. The number of hydrogen-bond acceptors (Lipinski definition) is 2. The van der Waals surface area contributed by atoms with Gasteiger partial charge in [0.15, 0.2) is 0 Å². The highest BCUT2D eigenvalue weighted by Crippen LogP contribution is 2.29. The molecule has 5 nitrogen and oxygen atoms in total. The van der Waals surface area contributed by atoms with Gasteiger partial charge in [-0.15, -0.1) is 0 Å². The van der Waals surface area contributed by atoms with Crippen LogP contribution in [0.1, 0.15) is 30.3 Å². The van der Waals surface area contributed by atoms with E-state index in [9.17, 15) is 9.59 Å². The van der Waals surface area contributed by atoms with E-state index < -0.39 is 6.04 Å². The molecule has 0 bridgehead atoms. The molecular formula is C21H21N3O2. The lowest BCUT2D eigenvalue weighted by molar-refractivity contribution is -0.141. The maximum Gasteiger partial charge on any atom is 0.271 e. The van der Waals surface area contributed by atoms with E-state index in [0.29, 0.717) is 12.2 Å². The van der Waals surface area contributed by atoms with Crippen LogP contribution in [0.4, 0.5) is 0 Å². The summed E-state index contributed by atoms with van der Waals surface area (Å²) in [6.45, 7) is 3.29. The number of rotatable bonds is 1. The van der Waals surface area contributed by atoms with E-state index in [1.807, 2.05) is 36.1 Å². The predicted molar refractivity (Wildman–Crippen MR) is 101 cm³/mol. The van der Waals surface area contributed by atoms with Gasteiger partial charge in [-0.05, 0) is 42.7 Å². The van der Waals surface area contributed by atoms with Crippen LogP contribution in [0.3, 0.4) is 0 Å². The topological polar surface area (TPSA) is 56.4 Å². The van der Waals surface area contributed by atoms with Crippen LogP contribution in [0.15, 0.2) is 42.5 Å². The first-order valence-electron chi connectivity index (χ1n) is 9.25. The van der Waals surface area contributed by atoms with Gasteiger partial charge in [-0.25, -0.2) is 0 Å². The van der Waals surface area contributed by atoms with Crippen molar-refractivity contribution in [3.05, 3.63) is 48.2 Å². The molecule has 3 aromatic rings. The lowest BCUT2D eigenvalue weighted by Crippen LogP contribution is -2.60. The Morgan fingerprint density at radius 3 is 2.88 bits per heavy atom. The number of amides is 2. The van der Waals surface area contributed by atoms with Crippen LogP contribution in [0, 0.1) is 0 Å². The molecule has 26 heavy (non-hydrogen) atoms. The van der Waals surface area contributed by atoms with Crippen LogP contribution < -0.4 is 0 Å². The third-order valence-corrected chi connectivity index (χ3v) is 5.91. The lowest BCUT2D eigenvalue weighted by atomic mass is 10.1. The molecule has 5 rings (SSSR count). The summed E-state index contributed by atoms with van der Waals surface area (Å²) in [4.78, 5) is 32.7. The summed E-state index contributed by atoms with van der Waals surface area (Å²) < 4.78 is 0. The number of aromatic amines is 1. The van der Waals surface area contributed by atoms with E-state index in [1.165, 1.54) is 0 Å². The quantitative estimate of drug-likeness (QED) is 0.735. The smallest absolute Gasteiger partial charge is 0.271 e. The summed E-state index contributed by atoms with van der Waals surface area (Å²) in [5, 5.41) is 3.33. The van der Waals surface area contributed by atoms with Gasteiger partial charge in [0, 0.05) is 30.0 Å². The first-order chi connectivity index (χ1) is 12.6. The van der Waals surface area contributed by atoms with Crippen molar-refractivity contribution in [1.82, 2.24) is 14.8 Å². The van der Waals surface area contributed by atoms with E-state index in [-0.39, 0.29) is 17.9 Å². The molecule has 0 saturated carbocycles. The molecular weight excluding hydrogens is 326 g/mol. The third-order valence-electron chi connectivity index (χ3n) is 5.91. The molecule has 132 valence electrons. The Labute approximate surface area is 151 Å². The minimum absolute atomic E-state index is 0.0775. The number of aromatic nitrogens is 1. The minimum Gasteiger partial charge on any atom is -0.351 e. The largest absolute Gasteiger partial charge is 0.351 e. The van der Waals surface area contributed by atoms with E-state index >= 15 is 0 Å². The number of piperazine rings is 1. The fourth-order valence-electron chi connectivity index (χ4n) is 4.49. The summed E-state index contributed by atoms with van der Waals surface area (Å²) in [7, 11) is 0. The first-order valence-corrected chi connectivity index (χ1v) is 9.25. The molecule has 2 aliphatic rings. The maximum atomic E-state index is 13.2. The summed E-state index contributed by atoms with van der Waals surface area (Å²) in [6.07, 6.45) is 2.02. The molecule has 1 aromatic heterocycles. The molecule has 2 saturated heterocycles. The number of benzene rings is 2. The van der Waals surface area contributed by atoms with Gasteiger partial charge < -0.3 is 14.8 Å². The molecule has 2 atom stereocenters. The number of hydrogen-bond donors (Lipinski definition) is 1. The van der Waals surface area contributed by atoms with Crippen molar-refractivity contribution < 1.29 is 9.59 Å². The minimum atomic E-state index is -0.403. The van der Waals surface area contributed by atoms with Gasteiger partial charge in [-0.2, -0.15) is 0 Å². The highest BCUT2D eigenvalue weighted by molar-refractivity contribution is 6.10. The Hall–Kier alpha value is -2.82. The second kappa shape index (κ2) is 5.59. The highest BCUT2D eigenvalue weighted by atomic mass is 16.2. The van der Waals surface area contributed by atoms with Crippen molar-refractivity contribution in [2.75, 3.05) is 13.1 Å². The Morgan fingerprint density at radius 1 is 1.15 bits per heavy atom. The summed E-state index contributed by atoms with van der Waals surface area (Å²) in [6, 6.07) is 13.9. The normalized spacial score (nSPS) is 23.0. The number of carbonyl (C=O) groups excluding carboxylic acids is 2. The Bertz CT molecular complexity index is 1040. The highest BCUT2D eigenvalue weighted by Gasteiger charge is 2.42. The Kier molecular flexibility index (Phi) is 3.32. The maximum absolute atomic E-state index is 13.2. The molecule has 2 fully saturated rings. The van der Waals surface area contributed by atoms with Crippen molar-refractivity contribution >= 4 is 33.5 Å². The van der Waals surface area contributed by atoms with Gasteiger partial charge in [0.1, 0.15) is 11.7 Å². The Balaban J connectivity index is 1.54. The summed E-state index contributed by atoms with van der Waals surface area (Å²) in [5.41, 5.74) is 1.51. The number of H-pyrrole nitrogens is 1. The average Bonchev–Trinajstić information content (AvgIpc) is 3.31. The van der Waals surface area contributed by atoms with Crippen molar-refractivity contribution in [3.63, 3.8) is 0 Å². The zero-order valence-electron chi connectivity index (χ0n) is 14.7. The van der Waals surface area contributed by atoms with Gasteiger partial charge in [-0.3, -0.25) is 9.59 Å². The Morgan fingerprint density at radius 2 is 2.00 bits per heavy atom. The van der Waals surface area contributed by atoms with Gasteiger partial charge >= 0.3 is 0 Å². The van der Waals surface area contributed by atoms with Crippen LogP contribution in [0.25, 0.3) is 21.7 Å². The van der Waals surface area contributed by atoms with Crippen LogP contribution in [-0.2, 0) is 4.79 Å². The predicted octanol–water partition coefficient (Wildman–Crippen LogP) is 3.16. The van der Waals surface area contributed by atoms with Gasteiger partial charge in [0.2, 0.25) is 5.91 Å². The molecule has 0 aliphatic carbocycles. The third kappa shape index (κ3) is 2.16. The molecule has 3 heterocycles. The van der Waals surface area contributed by atoms with Gasteiger partial charge in [-0.1, -0.05) is 30.3 Å². The molecule has 5 heteroatoms. The number of carbonyl (C=O) groups is 2. The fraction of sp³-hybridized carbons (Fsp3) is 0.333. The SMILES string of the molecule is C[C@H]1C(=O)N2CCC[C@@H]2CN1C(=O)c1cc2c(ccc3ccccc32)[nH]1. The molecule has 1 N–H and O–H groups in total. The van der Waals surface area contributed by atoms with Crippen LogP contribution in [-0.4, -0.2) is 51.8 Å². The molecule has 0 spiro atoms. The van der Waals surface area contributed by atoms with Crippen molar-refractivity contribution in [3.8, 4) is 0 Å². The van der Waals surface area contributed by atoms with Crippen LogP contribution >= 0.6 is 0 Å². The van der Waals surface area contributed by atoms with E-state index in [4.69, 9.17) is 0 Å². The standard InChI is InChI=1S/C21H21N3O2/c1-13-20(25)23-10-4-6-15(23)12-24(13)21(26)19-11-17-16-7-3-2-5-14(16)8-9-18(17)22-19/h2-3,5,7-9,11,13,15,22H,4,6,10,12H2,1H3/t13-,15+/m0/s1. The number of fused-ring (bicyclic) bond motifs is 4. The molecule has 2 aromatic carbocycles. The van der Waals surface area contributed by atoms with Crippen LogP contribution in [0.2, 0.25) is 0 Å². The second-order valence-corrected chi connectivity index (χ2v) is 7.39. The van der Waals surface area contributed by atoms with Crippen molar-refractivity contribution in [1.29, 1.82) is 0 Å². The fourth-order valence-corrected chi connectivity index (χ4v) is 4.49. The average molecular weight is 347 g/mol. The van der Waals surface area contributed by atoms with E-state index in [1.54, 1.807) is 4.90 Å². The van der Waals surface area contributed by atoms with Crippen LogP contribution in [0.5, 0.6) is 0 Å².